The fraction of sp³-hybridized carbons (Fsp3) is 0.412. The smallest absolute Gasteiger partial charge is 0.255 e. The Morgan fingerprint density at radius 2 is 2.10 bits per heavy atom. The van der Waals surface area contributed by atoms with Crippen LogP contribution in [0.25, 0.3) is 0 Å². The van der Waals surface area contributed by atoms with Gasteiger partial charge in [0.25, 0.3) is 5.91 Å². The highest BCUT2D eigenvalue weighted by Crippen LogP contribution is 2.33. The van der Waals surface area contributed by atoms with Gasteiger partial charge >= 0.3 is 0 Å². The Morgan fingerprint density at radius 1 is 1.33 bits per heavy atom. The standard InChI is InChI=1S/C17H20N2O2/c1-10(2)13-6-4-5-12-9-19(17(21)15(12)13)14-8-7-11(3)18-16(14)20/h4-6,10,14H,3,7-9H2,1-2H3,(H,18,20)/t14-/m0/s1. The topological polar surface area (TPSA) is 49.4 Å². The van der Waals surface area contributed by atoms with Crippen molar-refractivity contribution in [2.45, 2.75) is 45.2 Å². The molecule has 0 aromatic heterocycles. The van der Waals surface area contributed by atoms with E-state index >= 15 is 0 Å². The Hall–Kier alpha value is -2.10. The van der Waals surface area contributed by atoms with Crippen LogP contribution in [0, 0.1) is 0 Å². The Balaban J connectivity index is 1.92. The molecule has 2 aliphatic heterocycles. The molecule has 1 N–H and O–H groups in total. The normalized spacial score (nSPS) is 21.8. The number of carbonyl (C=O) groups excluding carboxylic acids is 2. The van der Waals surface area contributed by atoms with Gasteiger partial charge in [-0.1, -0.05) is 38.6 Å². The molecule has 2 heterocycles. The zero-order valence-corrected chi connectivity index (χ0v) is 12.5. The minimum atomic E-state index is -0.379. The second kappa shape index (κ2) is 5.02. The SMILES string of the molecule is C=C1CC[C@H](N2Cc3cccc(C(C)C)c3C2=O)C(=O)N1. The first-order valence-electron chi connectivity index (χ1n) is 7.40. The highest BCUT2D eigenvalue weighted by molar-refractivity contribution is 6.02. The fourth-order valence-corrected chi connectivity index (χ4v) is 3.20. The molecule has 110 valence electrons. The first kappa shape index (κ1) is 13.9. The van der Waals surface area contributed by atoms with E-state index in [9.17, 15) is 9.59 Å². The van der Waals surface area contributed by atoms with Gasteiger partial charge in [-0.15, -0.1) is 0 Å². The third-order valence-corrected chi connectivity index (χ3v) is 4.32. The number of carbonyl (C=O) groups is 2. The van der Waals surface area contributed by atoms with Gasteiger partial charge in [-0.3, -0.25) is 9.59 Å². The lowest BCUT2D eigenvalue weighted by molar-refractivity contribution is -0.126. The minimum absolute atomic E-state index is 0.0121. The number of nitrogens with zero attached hydrogens (tertiary/aromatic N) is 1. The lowest BCUT2D eigenvalue weighted by atomic mass is 9.94. The Kier molecular flexibility index (Phi) is 3.32. The quantitative estimate of drug-likeness (QED) is 0.907. The van der Waals surface area contributed by atoms with Crippen molar-refractivity contribution in [3.63, 3.8) is 0 Å². The second-order valence-corrected chi connectivity index (χ2v) is 6.12. The number of nitrogens with one attached hydrogen (secondary N) is 1. The number of hydrogen-bond donors (Lipinski definition) is 1. The molecular weight excluding hydrogens is 264 g/mol. The molecule has 1 atom stereocenters. The summed E-state index contributed by atoms with van der Waals surface area (Å²) in [6.07, 6.45) is 1.38. The van der Waals surface area contributed by atoms with Crippen LogP contribution in [0.1, 0.15) is 54.1 Å². The van der Waals surface area contributed by atoms with Crippen molar-refractivity contribution in [3.8, 4) is 0 Å². The summed E-state index contributed by atoms with van der Waals surface area (Å²) in [5.41, 5.74) is 3.64. The number of hydrogen-bond acceptors (Lipinski definition) is 2. The third-order valence-electron chi connectivity index (χ3n) is 4.32. The maximum Gasteiger partial charge on any atom is 0.255 e. The zero-order chi connectivity index (χ0) is 15.1. The zero-order valence-electron chi connectivity index (χ0n) is 12.5. The molecule has 0 saturated carbocycles. The van der Waals surface area contributed by atoms with Crippen molar-refractivity contribution >= 4 is 11.8 Å². The van der Waals surface area contributed by atoms with Gasteiger partial charge in [-0.2, -0.15) is 0 Å². The average molecular weight is 284 g/mol. The molecule has 0 radical (unpaired) electrons. The highest BCUT2D eigenvalue weighted by atomic mass is 16.2. The first-order valence-corrected chi connectivity index (χ1v) is 7.40. The number of amides is 2. The van der Waals surface area contributed by atoms with Crippen molar-refractivity contribution in [2.75, 3.05) is 0 Å². The Bertz CT molecular complexity index is 634. The van der Waals surface area contributed by atoms with Crippen molar-refractivity contribution in [3.05, 3.63) is 47.2 Å². The van der Waals surface area contributed by atoms with Gasteiger partial charge in [-0.05, 0) is 29.9 Å². The maximum absolute atomic E-state index is 12.8. The van der Waals surface area contributed by atoms with Gasteiger partial charge < -0.3 is 10.2 Å². The molecule has 4 heteroatoms. The van der Waals surface area contributed by atoms with Gasteiger partial charge in [0.1, 0.15) is 6.04 Å². The average Bonchev–Trinajstić information content (AvgIpc) is 2.76. The lowest BCUT2D eigenvalue weighted by Crippen LogP contribution is -2.49. The molecule has 1 aromatic carbocycles. The van der Waals surface area contributed by atoms with Crippen LogP contribution in [0.4, 0.5) is 0 Å². The summed E-state index contributed by atoms with van der Waals surface area (Å²) in [7, 11) is 0. The van der Waals surface area contributed by atoms with Crippen LogP contribution >= 0.6 is 0 Å². The third kappa shape index (κ3) is 2.24. The van der Waals surface area contributed by atoms with Gasteiger partial charge in [0, 0.05) is 17.8 Å². The van der Waals surface area contributed by atoms with Crippen LogP contribution in [-0.4, -0.2) is 22.8 Å². The van der Waals surface area contributed by atoms with Gasteiger partial charge in [0.2, 0.25) is 5.91 Å². The molecule has 0 aliphatic carbocycles. The molecule has 21 heavy (non-hydrogen) atoms. The molecule has 0 bridgehead atoms. The van der Waals surface area contributed by atoms with Crippen LogP contribution in [0.15, 0.2) is 30.5 Å². The predicted molar refractivity (Wildman–Crippen MR) is 80.7 cm³/mol. The van der Waals surface area contributed by atoms with Gasteiger partial charge in [0.15, 0.2) is 0 Å². The van der Waals surface area contributed by atoms with E-state index in [-0.39, 0.29) is 17.9 Å². The van der Waals surface area contributed by atoms with E-state index in [1.807, 2.05) is 18.2 Å². The number of benzene rings is 1. The van der Waals surface area contributed by atoms with Crippen molar-refractivity contribution < 1.29 is 9.59 Å². The molecule has 2 aliphatic rings. The van der Waals surface area contributed by atoms with Crippen molar-refractivity contribution in [1.29, 1.82) is 0 Å². The van der Waals surface area contributed by atoms with Gasteiger partial charge in [0.05, 0.1) is 0 Å². The van der Waals surface area contributed by atoms with E-state index < -0.39 is 0 Å². The summed E-state index contributed by atoms with van der Waals surface area (Å²) >= 11 is 0. The summed E-state index contributed by atoms with van der Waals surface area (Å²) < 4.78 is 0. The first-order chi connectivity index (χ1) is 9.99. The van der Waals surface area contributed by atoms with Crippen molar-refractivity contribution in [2.24, 2.45) is 0 Å². The number of fused-ring (bicyclic) bond motifs is 1. The molecule has 4 nitrogen and oxygen atoms in total. The highest BCUT2D eigenvalue weighted by Gasteiger charge is 2.39. The van der Waals surface area contributed by atoms with Crippen molar-refractivity contribution in [1.82, 2.24) is 10.2 Å². The summed E-state index contributed by atoms with van der Waals surface area (Å²) in [5.74, 6) is 0.171. The van der Waals surface area contributed by atoms with E-state index in [0.29, 0.717) is 18.9 Å². The number of rotatable bonds is 2. The van der Waals surface area contributed by atoms with Crippen LogP contribution < -0.4 is 5.32 Å². The molecule has 1 saturated heterocycles. The lowest BCUT2D eigenvalue weighted by Gasteiger charge is -2.31. The summed E-state index contributed by atoms with van der Waals surface area (Å²) in [6, 6.07) is 5.61. The predicted octanol–water partition coefficient (Wildman–Crippen LogP) is 2.56. The number of piperidine rings is 1. The molecule has 1 aromatic rings. The monoisotopic (exact) mass is 284 g/mol. The maximum atomic E-state index is 12.8. The van der Waals surface area contributed by atoms with Gasteiger partial charge in [-0.25, -0.2) is 0 Å². The second-order valence-electron chi connectivity index (χ2n) is 6.12. The Morgan fingerprint density at radius 3 is 2.76 bits per heavy atom. The van der Waals surface area contributed by atoms with Crippen LogP contribution in [-0.2, 0) is 11.3 Å². The summed E-state index contributed by atoms with van der Waals surface area (Å²) in [4.78, 5) is 26.6. The number of allylic oxidation sites excluding steroid dienone is 1. The molecule has 2 amide bonds. The summed E-state index contributed by atoms with van der Waals surface area (Å²) in [5, 5.41) is 2.76. The van der Waals surface area contributed by atoms with Crippen LogP contribution in [0.3, 0.4) is 0 Å². The fourth-order valence-electron chi connectivity index (χ4n) is 3.20. The van der Waals surface area contributed by atoms with E-state index in [1.54, 1.807) is 4.90 Å². The van der Waals surface area contributed by atoms with Crippen LogP contribution in [0.5, 0.6) is 0 Å². The molecule has 1 fully saturated rings. The molecule has 0 spiro atoms. The van der Waals surface area contributed by atoms with E-state index in [1.165, 1.54) is 0 Å². The van der Waals surface area contributed by atoms with E-state index in [0.717, 1.165) is 28.8 Å². The van der Waals surface area contributed by atoms with E-state index in [2.05, 4.69) is 25.7 Å². The van der Waals surface area contributed by atoms with E-state index in [4.69, 9.17) is 0 Å². The molecule has 3 rings (SSSR count). The van der Waals surface area contributed by atoms with Crippen LogP contribution in [0.2, 0.25) is 0 Å². The molecular formula is C17H20N2O2. The largest absolute Gasteiger partial charge is 0.329 e. The summed E-state index contributed by atoms with van der Waals surface area (Å²) in [6.45, 7) is 8.49. The molecule has 0 unspecified atom stereocenters. The Labute approximate surface area is 124 Å². The minimum Gasteiger partial charge on any atom is -0.329 e.